The van der Waals surface area contributed by atoms with E-state index in [1.165, 1.54) is 0 Å². The predicted octanol–water partition coefficient (Wildman–Crippen LogP) is 3.30. The minimum Gasteiger partial charge on any atom is -0.294 e. The van der Waals surface area contributed by atoms with Crippen molar-refractivity contribution in [2.75, 3.05) is 12.4 Å². The van der Waals surface area contributed by atoms with Crippen molar-refractivity contribution in [3.05, 3.63) is 18.0 Å². The lowest BCUT2D eigenvalue weighted by Gasteiger charge is -2.24. The molecule has 1 aromatic heterocycles. The van der Waals surface area contributed by atoms with Crippen LogP contribution >= 0.6 is 11.6 Å². The molecule has 1 atom stereocenters. The third kappa shape index (κ3) is 4.32. The first-order chi connectivity index (χ1) is 8.08. The molecule has 1 aromatic rings. The molecule has 0 saturated carbocycles. The fourth-order valence-electron chi connectivity index (χ4n) is 1.73. The van der Waals surface area contributed by atoms with Gasteiger partial charge in [-0.05, 0) is 33.3 Å². The van der Waals surface area contributed by atoms with Crippen molar-refractivity contribution in [1.29, 1.82) is 0 Å². The van der Waals surface area contributed by atoms with Crippen molar-refractivity contribution in [2.45, 2.75) is 52.7 Å². The highest BCUT2D eigenvalue weighted by Gasteiger charge is 2.12. The normalized spacial score (nSPS) is 13.6. The molecule has 0 aromatic carbocycles. The molecule has 0 bridgehead atoms. The quantitative estimate of drug-likeness (QED) is 0.699. The van der Waals surface area contributed by atoms with Crippen molar-refractivity contribution in [1.82, 2.24) is 14.7 Å². The minimum atomic E-state index is 0.476. The molecular formula is C13H24ClN3. The number of aromatic nitrogens is 2. The lowest BCUT2D eigenvalue weighted by molar-refractivity contribution is 0.222. The Morgan fingerprint density at radius 3 is 2.65 bits per heavy atom. The number of hydrogen-bond acceptors (Lipinski definition) is 2. The van der Waals surface area contributed by atoms with Gasteiger partial charge in [-0.3, -0.25) is 9.58 Å². The molecule has 1 heterocycles. The molecule has 1 unspecified atom stereocenters. The van der Waals surface area contributed by atoms with Gasteiger partial charge in [0.1, 0.15) is 0 Å². The highest BCUT2D eigenvalue weighted by molar-refractivity contribution is 6.18. The minimum absolute atomic E-state index is 0.476. The van der Waals surface area contributed by atoms with Gasteiger partial charge in [-0.15, -0.1) is 11.6 Å². The van der Waals surface area contributed by atoms with Crippen LogP contribution in [0.2, 0.25) is 0 Å². The maximum atomic E-state index is 5.82. The van der Waals surface area contributed by atoms with Crippen LogP contribution in [0.15, 0.2) is 12.3 Å². The van der Waals surface area contributed by atoms with Gasteiger partial charge in [0.15, 0.2) is 0 Å². The zero-order valence-corrected chi connectivity index (χ0v) is 12.1. The van der Waals surface area contributed by atoms with Crippen LogP contribution in [0.3, 0.4) is 0 Å². The molecule has 17 heavy (non-hydrogen) atoms. The van der Waals surface area contributed by atoms with Crippen molar-refractivity contribution >= 4 is 11.6 Å². The highest BCUT2D eigenvalue weighted by atomic mass is 35.5. The summed E-state index contributed by atoms with van der Waals surface area (Å²) in [6.07, 6.45) is 3.18. The lowest BCUT2D eigenvalue weighted by atomic mass is 10.3. The van der Waals surface area contributed by atoms with Crippen LogP contribution in [0.25, 0.3) is 0 Å². The van der Waals surface area contributed by atoms with E-state index in [0.29, 0.717) is 18.0 Å². The summed E-state index contributed by atoms with van der Waals surface area (Å²) in [4.78, 5) is 2.34. The second-order valence-electron chi connectivity index (χ2n) is 4.80. The topological polar surface area (TPSA) is 21.1 Å². The van der Waals surface area contributed by atoms with Gasteiger partial charge >= 0.3 is 0 Å². The Morgan fingerprint density at radius 1 is 1.41 bits per heavy atom. The summed E-state index contributed by atoms with van der Waals surface area (Å²) >= 11 is 5.82. The number of hydrogen-bond donors (Lipinski definition) is 0. The molecule has 0 spiro atoms. The van der Waals surface area contributed by atoms with Gasteiger partial charge in [0, 0.05) is 37.3 Å². The largest absolute Gasteiger partial charge is 0.294 e. The Bertz CT molecular complexity index is 322. The van der Waals surface area contributed by atoms with E-state index in [9.17, 15) is 0 Å². The average Bonchev–Trinajstić information content (AvgIpc) is 2.76. The third-order valence-corrected chi connectivity index (χ3v) is 3.34. The molecule has 3 nitrogen and oxygen atoms in total. The zero-order chi connectivity index (χ0) is 12.8. The summed E-state index contributed by atoms with van der Waals surface area (Å²) < 4.78 is 2.05. The fraction of sp³-hybridized carbons (Fsp3) is 0.769. The van der Waals surface area contributed by atoms with E-state index in [1.54, 1.807) is 0 Å². The van der Waals surface area contributed by atoms with E-state index in [2.05, 4.69) is 54.6 Å². The number of nitrogens with zero attached hydrogens (tertiary/aromatic N) is 3. The Labute approximate surface area is 110 Å². The Balaban J connectivity index is 2.63. The molecule has 0 fully saturated rings. The molecule has 0 amide bonds. The van der Waals surface area contributed by atoms with E-state index < -0.39 is 0 Å². The van der Waals surface area contributed by atoms with Crippen LogP contribution in [-0.4, -0.2) is 33.1 Å². The first-order valence-electron chi connectivity index (χ1n) is 6.42. The van der Waals surface area contributed by atoms with E-state index in [0.717, 1.165) is 25.2 Å². The monoisotopic (exact) mass is 257 g/mol. The molecule has 0 aliphatic carbocycles. The first kappa shape index (κ1) is 14.5. The predicted molar refractivity (Wildman–Crippen MR) is 73.5 cm³/mol. The summed E-state index contributed by atoms with van der Waals surface area (Å²) in [6.45, 7) is 10.6. The maximum Gasteiger partial charge on any atom is 0.0765 e. The number of rotatable bonds is 7. The summed E-state index contributed by atoms with van der Waals surface area (Å²) in [5.74, 6) is 0.671. The molecule has 98 valence electrons. The summed E-state index contributed by atoms with van der Waals surface area (Å²) in [7, 11) is 0. The van der Waals surface area contributed by atoms with Crippen molar-refractivity contribution < 1.29 is 0 Å². The zero-order valence-electron chi connectivity index (χ0n) is 11.4. The van der Waals surface area contributed by atoms with Gasteiger partial charge in [-0.2, -0.15) is 5.10 Å². The molecular weight excluding hydrogens is 234 g/mol. The van der Waals surface area contributed by atoms with Crippen molar-refractivity contribution in [3.8, 4) is 0 Å². The molecule has 0 aliphatic rings. The van der Waals surface area contributed by atoms with Crippen LogP contribution in [0, 0.1) is 0 Å². The molecule has 0 N–H and O–H groups in total. The van der Waals surface area contributed by atoms with E-state index >= 15 is 0 Å². The average molecular weight is 258 g/mol. The van der Waals surface area contributed by atoms with Gasteiger partial charge in [0.05, 0.1) is 5.69 Å². The molecule has 4 heteroatoms. The van der Waals surface area contributed by atoms with Crippen LogP contribution in [0.5, 0.6) is 0 Å². The lowest BCUT2D eigenvalue weighted by Crippen LogP contribution is -2.32. The van der Waals surface area contributed by atoms with Crippen LogP contribution in [0.1, 0.15) is 45.9 Å². The standard InChI is InChI=1S/C13H24ClN3/c1-5-12(4)17-8-6-13(15-17)10-16(9-7-14)11(2)3/h6,8,11-12H,5,7,9-10H2,1-4H3. The van der Waals surface area contributed by atoms with Gasteiger partial charge in [0.2, 0.25) is 0 Å². The molecule has 0 aliphatic heterocycles. The Morgan fingerprint density at radius 2 is 2.12 bits per heavy atom. The van der Waals surface area contributed by atoms with Crippen LogP contribution in [-0.2, 0) is 6.54 Å². The highest BCUT2D eigenvalue weighted by Crippen LogP contribution is 2.11. The summed E-state index contributed by atoms with van der Waals surface area (Å²) in [6, 6.07) is 3.09. The molecule has 1 rings (SSSR count). The van der Waals surface area contributed by atoms with Gasteiger partial charge in [-0.1, -0.05) is 6.92 Å². The van der Waals surface area contributed by atoms with Crippen LogP contribution < -0.4 is 0 Å². The van der Waals surface area contributed by atoms with E-state index in [1.807, 2.05) is 0 Å². The smallest absolute Gasteiger partial charge is 0.0765 e. The molecule has 0 radical (unpaired) electrons. The Hall–Kier alpha value is -0.540. The summed E-state index contributed by atoms with van der Waals surface area (Å²) in [5, 5.41) is 4.62. The van der Waals surface area contributed by atoms with Gasteiger partial charge in [0.25, 0.3) is 0 Å². The first-order valence-corrected chi connectivity index (χ1v) is 6.96. The van der Waals surface area contributed by atoms with Crippen molar-refractivity contribution in [2.24, 2.45) is 0 Å². The van der Waals surface area contributed by atoms with E-state index in [-0.39, 0.29) is 0 Å². The molecule has 0 saturated heterocycles. The Kier molecular flexibility index (Phi) is 6.00. The second-order valence-corrected chi connectivity index (χ2v) is 5.18. The maximum absolute atomic E-state index is 5.82. The van der Waals surface area contributed by atoms with Crippen molar-refractivity contribution in [3.63, 3.8) is 0 Å². The third-order valence-electron chi connectivity index (χ3n) is 3.17. The summed E-state index contributed by atoms with van der Waals surface area (Å²) in [5.41, 5.74) is 1.13. The number of halogens is 1. The van der Waals surface area contributed by atoms with E-state index in [4.69, 9.17) is 11.6 Å². The number of alkyl halides is 1. The fourth-order valence-corrected chi connectivity index (χ4v) is 1.95. The van der Waals surface area contributed by atoms with Crippen LogP contribution in [0.4, 0.5) is 0 Å². The second kappa shape index (κ2) is 7.02. The SMILES string of the molecule is CCC(C)n1ccc(CN(CCCl)C(C)C)n1. The van der Waals surface area contributed by atoms with Gasteiger partial charge < -0.3 is 0 Å². The van der Waals surface area contributed by atoms with Gasteiger partial charge in [-0.25, -0.2) is 0 Å².